The zero-order chi connectivity index (χ0) is 15.0. The third-order valence-electron chi connectivity index (χ3n) is 3.13. The van der Waals surface area contributed by atoms with E-state index in [4.69, 9.17) is 0 Å². The molecule has 1 atom stereocenters. The minimum atomic E-state index is 0. The van der Waals surface area contributed by atoms with Crippen molar-refractivity contribution < 1.29 is 0 Å². The summed E-state index contributed by atoms with van der Waals surface area (Å²) in [5.41, 5.74) is 2.30. The molecule has 1 heterocycles. The van der Waals surface area contributed by atoms with Gasteiger partial charge < -0.3 is 10.6 Å². The first-order chi connectivity index (χ1) is 9.56. The van der Waals surface area contributed by atoms with Crippen molar-refractivity contribution in [2.45, 2.75) is 39.0 Å². The van der Waals surface area contributed by atoms with E-state index in [0.29, 0.717) is 5.25 Å². The highest BCUT2D eigenvalue weighted by molar-refractivity contribution is 14.0. The minimum Gasteiger partial charge on any atom is -0.356 e. The van der Waals surface area contributed by atoms with Crippen LogP contribution in [0.2, 0.25) is 0 Å². The van der Waals surface area contributed by atoms with Gasteiger partial charge in [0, 0.05) is 37.6 Å². The molecule has 0 bridgehead atoms. The second-order valence-corrected chi connectivity index (χ2v) is 6.21. The molecule has 1 unspecified atom stereocenters. The van der Waals surface area contributed by atoms with Gasteiger partial charge in [0.15, 0.2) is 5.96 Å². The summed E-state index contributed by atoms with van der Waals surface area (Å²) in [6.07, 6.45) is 3.15. The number of aryl methyl sites for hydroxylation is 3. The summed E-state index contributed by atoms with van der Waals surface area (Å²) in [6.45, 7) is 9.08. The Hall–Kier alpha value is -0.440. The van der Waals surface area contributed by atoms with Crippen LogP contribution in [0.4, 0.5) is 0 Å². The van der Waals surface area contributed by atoms with E-state index in [2.05, 4.69) is 51.6 Å². The van der Waals surface area contributed by atoms with Gasteiger partial charge in [0.2, 0.25) is 0 Å². The van der Waals surface area contributed by atoms with Crippen molar-refractivity contribution in [3.8, 4) is 0 Å². The van der Waals surface area contributed by atoms with Gasteiger partial charge in [-0.15, -0.1) is 24.0 Å². The fraction of sp³-hybridized carbons (Fsp3) is 0.714. The highest BCUT2D eigenvalue weighted by atomic mass is 127. The molecule has 0 aliphatic carbocycles. The van der Waals surface area contributed by atoms with Crippen molar-refractivity contribution in [1.29, 1.82) is 0 Å². The molecular formula is C14H28IN5S. The first-order valence-electron chi connectivity index (χ1n) is 7.05. The van der Waals surface area contributed by atoms with Crippen LogP contribution in [0, 0.1) is 13.8 Å². The maximum absolute atomic E-state index is 4.46. The monoisotopic (exact) mass is 425 g/mol. The fourth-order valence-corrected chi connectivity index (χ4v) is 2.13. The van der Waals surface area contributed by atoms with Crippen LogP contribution in [0.25, 0.3) is 0 Å². The van der Waals surface area contributed by atoms with Gasteiger partial charge in [-0.05, 0) is 32.6 Å². The Morgan fingerprint density at radius 3 is 2.67 bits per heavy atom. The Balaban J connectivity index is 0.00000400. The average Bonchev–Trinajstić information content (AvgIpc) is 2.75. The minimum absolute atomic E-state index is 0. The number of hydrogen-bond donors (Lipinski definition) is 2. The lowest BCUT2D eigenvalue weighted by Gasteiger charge is -2.14. The van der Waals surface area contributed by atoms with Crippen molar-refractivity contribution >= 4 is 41.7 Å². The molecule has 122 valence electrons. The van der Waals surface area contributed by atoms with Crippen LogP contribution in [0.1, 0.15) is 24.7 Å². The molecule has 0 saturated heterocycles. The van der Waals surface area contributed by atoms with Gasteiger partial charge >= 0.3 is 0 Å². The molecule has 7 heteroatoms. The number of aromatic nitrogens is 2. The van der Waals surface area contributed by atoms with Gasteiger partial charge in [-0.2, -0.15) is 16.9 Å². The summed E-state index contributed by atoms with van der Waals surface area (Å²) in [6, 6.07) is 2.11. The summed E-state index contributed by atoms with van der Waals surface area (Å²) < 4.78 is 2.06. The number of nitrogens with one attached hydrogen (secondary N) is 2. The molecule has 0 aliphatic heterocycles. The van der Waals surface area contributed by atoms with E-state index >= 15 is 0 Å². The number of thioether (sulfide) groups is 1. The van der Waals surface area contributed by atoms with E-state index < -0.39 is 0 Å². The Labute approximate surface area is 149 Å². The van der Waals surface area contributed by atoms with Crippen molar-refractivity contribution in [3.05, 3.63) is 17.5 Å². The summed E-state index contributed by atoms with van der Waals surface area (Å²) in [7, 11) is 1.81. The molecule has 0 aliphatic rings. The van der Waals surface area contributed by atoms with Crippen LogP contribution in [0.5, 0.6) is 0 Å². The van der Waals surface area contributed by atoms with Crippen LogP contribution in [-0.2, 0) is 6.54 Å². The third-order valence-corrected chi connectivity index (χ3v) is 4.10. The number of guanidine groups is 1. The van der Waals surface area contributed by atoms with Gasteiger partial charge in [-0.3, -0.25) is 9.67 Å². The van der Waals surface area contributed by atoms with E-state index in [1.54, 1.807) is 7.05 Å². The van der Waals surface area contributed by atoms with Crippen molar-refractivity contribution in [2.75, 3.05) is 26.4 Å². The first-order valence-corrected chi connectivity index (χ1v) is 8.34. The SMILES string of the molecule is CN=C(NCCCn1nc(C)cc1C)NCC(C)SC.I. The molecule has 0 aromatic carbocycles. The molecular weight excluding hydrogens is 397 g/mol. The number of halogens is 1. The van der Waals surface area contributed by atoms with Crippen LogP contribution < -0.4 is 10.6 Å². The quantitative estimate of drug-likeness (QED) is 0.305. The average molecular weight is 425 g/mol. The highest BCUT2D eigenvalue weighted by Crippen LogP contribution is 2.03. The number of rotatable bonds is 7. The Kier molecular flexibility index (Phi) is 10.9. The maximum atomic E-state index is 4.46. The summed E-state index contributed by atoms with van der Waals surface area (Å²) in [5, 5.41) is 11.7. The predicted molar refractivity (Wildman–Crippen MR) is 104 cm³/mol. The smallest absolute Gasteiger partial charge is 0.191 e. The maximum Gasteiger partial charge on any atom is 0.191 e. The predicted octanol–water partition coefficient (Wildman–Crippen LogP) is 2.42. The lowest BCUT2D eigenvalue weighted by molar-refractivity contribution is 0.555. The number of nitrogens with zero attached hydrogens (tertiary/aromatic N) is 3. The van der Waals surface area contributed by atoms with E-state index in [1.165, 1.54) is 5.69 Å². The van der Waals surface area contributed by atoms with Crippen molar-refractivity contribution in [1.82, 2.24) is 20.4 Å². The number of hydrogen-bond acceptors (Lipinski definition) is 3. The Morgan fingerprint density at radius 2 is 2.14 bits per heavy atom. The van der Waals surface area contributed by atoms with Crippen molar-refractivity contribution in [2.24, 2.45) is 4.99 Å². The van der Waals surface area contributed by atoms with Gasteiger partial charge in [-0.25, -0.2) is 0 Å². The summed E-state index contributed by atoms with van der Waals surface area (Å²) in [5.74, 6) is 0.874. The van der Waals surface area contributed by atoms with Crippen LogP contribution in [0.15, 0.2) is 11.1 Å². The lowest BCUT2D eigenvalue weighted by Crippen LogP contribution is -2.40. The molecule has 0 saturated carbocycles. The second-order valence-electron chi connectivity index (χ2n) is 4.93. The standard InChI is InChI=1S/C14H27N5S.HI/c1-11-9-12(2)19(18-11)8-6-7-16-14(15-4)17-10-13(3)20-5;/h9,13H,6-8,10H2,1-5H3,(H2,15,16,17);1H. The number of aliphatic imine (C=N–C) groups is 1. The molecule has 1 aromatic heterocycles. The van der Waals surface area contributed by atoms with Gasteiger partial charge in [0.05, 0.1) is 5.69 Å². The molecule has 21 heavy (non-hydrogen) atoms. The van der Waals surface area contributed by atoms with Crippen LogP contribution in [-0.4, -0.2) is 47.4 Å². The summed E-state index contributed by atoms with van der Waals surface area (Å²) in [4.78, 5) is 4.22. The molecule has 0 spiro atoms. The molecule has 0 radical (unpaired) electrons. The third kappa shape index (κ3) is 7.94. The largest absolute Gasteiger partial charge is 0.356 e. The molecule has 0 fully saturated rings. The van der Waals surface area contributed by atoms with Gasteiger partial charge in [0.1, 0.15) is 0 Å². The van der Waals surface area contributed by atoms with Crippen LogP contribution >= 0.6 is 35.7 Å². The van der Waals surface area contributed by atoms with Crippen LogP contribution in [0.3, 0.4) is 0 Å². The molecule has 0 amide bonds. The first kappa shape index (κ1) is 20.6. The Morgan fingerprint density at radius 1 is 1.43 bits per heavy atom. The van der Waals surface area contributed by atoms with E-state index in [0.717, 1.165) is 37.7 Å². The van der Waals surface area contributed by atoms with Gasteiger partial charge in [-0.1, -0.05) is 6.92 Å². The summed E-state index contributed by atoms with van der Waals surface area (Å²) >= 11 is 1.85. The topological polar surface area (TPSA) is 54.2 Å². The Bertz CT molecular complexity index is 433. The lowest BCUT2D eigenvalue weighted by atomic mass is 10.4. The van der Waals surface area contributed by atoms with Crippen molar-refractivity contribution in [3.63, 3.8) is 0 Å². The van der Waals surface area contributed by atoms with E-state index in [9.17, 15) is 0 Å². The molecule has 5 nitrogen and oxygen atoms in total. The normalized spacial score (nSPS) is 12.7. The fourth-order valence-electron chi connectivity index (χ4n) is 1.88. The zero-order valence-electron chi connectivity index (χ0n) is 13.6. The second kappa shape index (κ2) is 11.2. The molecule has 1 aromatic rings. The van der Waals surface area contributed by atoms with Gasteiger partial charge in [0.25, 0.3) is 0 Å². The highest BCUT2D eigenvalue weighted by Gasteiger charge is 2.03. The van der Waals surface area contributed by atoms with E-state index in [1.807, 2.05) is 18.7 Å². The molecule has 2 N–H and O–H groups in total. The molecule has 1 rings (SSSR count). The zero-order valence-corrected chi connectivity index (χ0v) is 16.8. The van der Waals surface area contributed by atoms with E-state index in [-0.39, 0.29) is 24.0 Å².